The maximum absolute atomic E-state index is 14.0. The van der Waals surface area contributed by atoms with E-state index in [2.05, 4.69) is 5.32 Å². The first-order valence-electron chi connectivity index (χ1n) is 13.4. The highest BCUT2D eigenvalue weighted by Gasteiger charge is 2.32. The van der Waals surface area contributed by atoms with Gasteiger partial charge < -0.3 is 15.0 Å². The van der Waals surface area contributed by atoms with Crippen LogP contribution >= 0.6 is 0 Å². The molecule has 0 spiro atoms. The predicted octanol–water partition coefficient (Wildman–Crippen LogP) is 4.84. The molecule has 0 saturated carbocycles. The van der Waals surface area contributed by atoms with Gasteiger partial charge in [0, 0.05) is 19.2 Å². The quantitative estimate of drug-likeness (QED) is 0.299. The van der Waals surface area contributed by atoms with Crippen LogP contribution in [-0.4, -0.2) is 51.4 Å². The van der Waals surface area contributed by atoms with E-state index >= 15 is 0 Å². The molecule has 40 heavy (non-hydrogen) atoms. The number of anilines is 1. The molecule has 0 heterocycles. The number of hydrogen-bond acceptors (Lipinski definition) is 5. The molecule has 214 valence electrons. The average molecular weight is 566 g/mol. The van der Waals surface area contributed by atoms with E-state index in [9.17, 15) is 18.0 Å². The molecule has 9 heteroatoms. The van der Waals surface area contributed by atoms with E-state index < -0.39 is 28.5 Å². The van der Waals surface area contributed by atoms with Crippen LogP contribution < -0.4 is 14.4 Å². The van der Waals surface area contributed by atoms with Crippen LogP contribution in [0.1, 0.15) is 43.4 Å². The lowest BCUT2D eigenvalue weighted by atomic mass is 10.1. The maximum atomic E-state index is 14.0. The van der Waals surface area contributed by atoms with Crippen molar-refractivity contribution >= 4 is 27.5 Å². The SMILES string of the molecule is CCCCNC(=O)[C@@H](C)N(Cc1ccccc1C)C(=O)CN(c1cccc(OC)c1)S(=O)(=O)c1ccc(C)cc1. The number of carbonyl (C=O) groups is 2. The number of aryl methyl sites for hydroxylation is 2. The van der Waals surface area contributed by atoms with Crippen molar-refractivity contribution < 1.29 is 22.7 Å². The van der Waals surface area contributed by atoms with Crippen molar-refractivity contribution in [2.45, 2.75) is 58.0 Å². The summed E-state index contributed by atoms with van der Waals surface area (Å²) >= 11 is 0. The lowest BCUT2D eigenvalue weighted by Crippen LogP contribution is -2.51. The van der Waals surface area contributed by atoms with Crippen molar-refractivity contribution in [3.8, 4) is 5.75 Å². The zero-order chi connectivity index (χ0) is 29.3. The number of ether oxygens (including phenoxy) is 1. The molecule has 3 aromatic rings. The number of nitrogens with zero attached hydrogens (tertiary/aromatic N) is 2. The van der Waals surface area contributed by atoms with Gasteiger partial charge in [0.25, 0.3) is 10.0 Å². The lowest BCUT2D eigenvalue weighted by molar-refractivity contribution is -0.139. The molecule has 0 bridgehead atoms. The minimum absolute atomic E-state index is 0.0598. The van der Waals surface area contributed by atoms with Gasteiger partial charge in [-0.3, -0.25) is 13.9 Å². The third-order valence-electron chi connectivity index (χ3n) is 6.83. The van der Waals surface area contributed by atoms with Crippen LogP contribution in [0, 0.1) is 13.8 Å². The van der Waals surface area contributed by atoms with Gasteiger partial charge in [0.05, 0.1) is 17.7 Å². The molecule has 1 atom stereocenters. The highest BCUT2D eigenvalue weighted by molar-refractivity contribution is 7.92. The molecular formula is C31H39N3O5S. The molecular weight excluding hydrogens is 526 g/mol. The Bertz CT molecular complexity index is 1410. The van der Waals surface area contributed by atoms with Crippen LogP contribution in [-0.2, 0) is 26.2 Å². The van der Waals surface area contributed by atoms with Gasteiger partial charge in [-0.05, 0) is 62.6 Å². The third kappa shape index (κ3) is 7.63. The monoisotopic (exact) mass is 565 g/mol. The smallest absolute Gasteiger partial charge is 0.264 e. The van der Waals surface area contributed by atoms with Crippen molar-refractivity contribution in [1.29, 1.82) is 0 Å². The van der Waals surface area contributed by atoms with Crippen molar-refractivity contribution in [1.82, 2.24) is 10.2 Å². The zero-order valence-electron chi connectivity index (χ0n) is 23.9. The average Bonchev–Trinajstić information content (AvgIpc) is 2.95. The molecule has 1 N–H and O–H groups in total. The first-order chi connectivity index (χ1) is 19.1. The molecule has 2 amide bonds. The molecule has 0 saturated heterocycles. The summed E-state index contributed by atoms with van der Waals surface area (Å²) in [6, 6.07) is 19.9. The Morgan fingerprint density at radius 2 is 1.68 bits per heavy atom. The van der Waals surface area contributed by atoms with Gasteiger partial charge in [-0.15, -0.1) is 0 Å². The van der Waals surface area contributed by atoms with Gasteiger partial charge in [0.2, 0.25) is 11.8 Å². The number of amides is 2. The first kappa shape index (κ1) is 30.7. The fourth-order valence-electron chi connectivity index (χ4n) is 4.22. The summed E-state index contributed by atoms with van der Waals surface area (Å²) in [5.41, 5.74) is 3.04. The summed E-state index contributed by atoms with van der Waals surface area (Å²) in [7, 11) is -2.65. The van der Waals surface area contributed by atoms with Crippen molar-refractivity contribution in [3.05, 3.63) is 89.5 Å². The highest BCUT2D eigenvalue weighted by atomic mass is 32.2. The second-order valence-electron chi connectivity index (χ2n) is 9.79. The van der Waals surface area contributed by atoms with E-state index in [0.717, 1.165) is 33.8 Å². The number of sulfonamides is 1. The fourth-order valence-corrected chi connectivity index (χ4v) is 5.63. The molecule has 3 aromatic carbocycles. The van der Waals surface area contributed by atoms with Crippen LogP contribution in [0.2, 0.25) is 0 Å². The van der Waals surface area contributed by atoms with Gasteiger partial charge in [0.1, 0.15) is 18.3 Å². The standard InChI is InChI=1S/C31H39N3O5S/c1-6-7-19-32-31(36)25(4)33(21-26-12-9-8-11-24(26)3)30(35)22-34(27-13-10-14-28(20-27)39-5)40(37,38)29-17-15-23(2)16-18-29/h8-18,20,25H,6-7,19,21-22H2,1-5H3,(H,32,36)/t25-/m1/s1. The van der Waals surface area contributed by atoms with Crippen molar-refractivity contribution in [3.63, 3.8) is 0 Å². The highest BCUT2D eigenvalue weighted by Crippen LogP contribution is 2.28. The Morgan fingerprint density at radius 1 is 0.975 bits per heavy atom. The number of unbranched alkanes of at least 4 members (excludes halogenated alkanes) is 1. The number of carbonyl (C=O) groups excluding carboxylic acids is 2. The van der Waals surface area contributed by atoms with E-state index in [1.807, 2.05) is 45.0 Å². The number of nitrogens with one attached hydrogen (secondary N) is 1. The number of rotatable bonds is 13. The third-order valence-corrected chi connectivity index (χ3v) is 8.62. The van der Waals surface area contributed by atoms with E-state index in [4.69, 9.17) is 4.74 Å². The first-order valence-corrected chi connectivity index (χ1v) is 14.9. The summed E-state index contributed by atoms with van der Waals surface area (Å²) < 4.78 is 34.3. The number of hydrogen-bond donors (Lipinski definition) is 1. The topological polar surface area (TPSA) is 96.0 Å². The van der Waals surface area contributed by atoms with Gasteiger partial charge in [-0.2, -0.15) is 0 Å². The van der Waals surface area contributed by atoms with Gasteiger partial charge in [0.15, 0.2) is 0 Å². The molecule has 0 aliphatic rings. The number of benzene rings is 3. The van der Waals surface area contributed by atoms with Gasteiger partial charge in [-0.1, -0.05) is 61.4 Å². The Labute approximate surface area is 238 Å². The molecule has 0 aliphatic carbocycles. The fraction of sp³-hybridized carbons (Fsp3) is 0.355. The molecule has 0 aromatic heterocycles. The Kier molecular flexibility index (Phi) is 10.7. The van der Waals surface area contributed by atoms with Crippen LogP contribution in [0.25, 0.3) is 0 Å². The van der Waals surface area contributed by atoms with E-state index in [1.165, 1.54) is 24.1 Å². The zero-order valence-corrected chi connectivity index (χ0v) is 24.7. The van der Waals surface area contributed by atoms with E-state index in [1.54, 1.807) is 43.3 Å². The molecule has 0 radical (unpaired) electrons. The largest absolute Gasteiger partial charge is 0.497 e. The molecule has 0 aliphatic heterocycles. The van der Waals surface area contributed by atoms with Crippen LogP contribution in [0.3, 0.4) is 0 Å². The van der Waals surface area contributed by atoms with Crippen LogP contribution in [0.4, 0.5) is 5.69 Å². The molecule has 8 nitrogen and oxygen atoms in total. The van der Waals surface area contributed by atoms with Gasteiger partial charge >= 0.3 is 0 Å². The Balaban J connectivity index is 2.03. The second kappa shape index (κ2) is 14.0. The van der Waals surface area contributed by atoms with Crippen molar-refractivity contribution in [2.24, 2.45) is 0 Å². The Morgan fingerprint density at radius 3 is 2.33 bits per heavy atom. The predicted molar refractivity (Wildman–Crippen MR) is 158 cm³/mol. The van der Waals surface area contributed by atoms with Gasteiger partial charge in [-0.25, -0.2) is 8.42 Å². The molecule has 0 unspecified atom stereocenters. The van der Waals surface area contributed by atoms with E-state index in [0.29, 0.717) is 12.3 Å². The minimum atomic E-state index is -4.14. The molecule has 0 fully saturated rings. The lowest BCUT2D eigenvalue weighted by Gasteiger charge is -2.32. The minimum Gasteiger partial charge on any atom is -0.497 e. The summed E-state index contributed by atoms with van der Waals surface area (Å²) in [5.74, 6) is -0.334. The van der Waals surface area contributed by atoms with E-state index in [-0.39, 0.29) is 23.0 Å². The van der Waals surface area contributed by atoms with Crippen LogP contribution in [0.5, 0.6) is 5.75 Å². The number of methoxy groups -OCH3 is 1. The summed E-state index contributed by atoms with van der Waals surface area (Å²) in [5, 5.41) is 2.90. The summed E-state index contributed by atoms with van der Waals surface area (Å²) in [6.45, 7) is 7.67. The maximum Gasteiger partial charge on any atom is 0.264 e. The summed E-state index contributed by atoms with van der Waals surface area (Å²) in [4.78, 5) is 28.6. The normalized spacial score (nSPS) is 11.9. The van der Waals surface area contributed by atoms with Crippen LogP contribution in [0.15, 0.2) is 77.7 Å². The van der Waals surface area contributed by atoms with Crippen molar-refractivity contribution in [2.75, 3.05) is 24.5 Å². The summed E-state index contributed by atoms with van der Waals surface area (Å²) in [6.07, 6.45) is 1.75. The molecule has 3 rings (SSSR count). The second-order valence-corrected chi connectivity index (χ2v) is 11.7. The Hall–Kier alpha value is -3.85.